The average Bonchev–Trinajstić information content (AvgIpc) is 3.05. The zero-order valence-electron chi connectivity index (χ0n) is 14.9. The zero-order valence-corrected chi connectivity index (χ0v) is 14.9. The summed E-state index contributed by atoms with van der Waals surface area (Å²) in [5, 5.41) is 9.82. The number of rotatable bonds is 6. The Morgan fingerprint density at radius 3 is 2.72 bits per heavy atom. The maximum absolute atomic E-state index is 9.82. The molecule has 2 atom stereocenters. The normalized spacial score (nSPS) is 21.3. The first-order valence-corrected chi connectivity index (χ1v) is 8.31. The number of aliphatic hydroxyl groups is 1. The van der Waals surface area contributed by atoms with Crippen LogP contribution in [0.3, 0.4) is 0 Å². The molecule has 1 aromatic carbocycles. The first-order valence-electron chi connectivity index (χ1n) is 8.31. The lowest BCUT2D eigenvalue weighted by molar-refractivity contribution is -0.0965. The van der Waals surface area contributed by atoms with E-state index in [4.69, 9.17) is 14.2 Å². The number of imidazole rings is 1. The lowest BCUT2D eigenvalue weighted by Gasteiger charge is -2.41. The summed E-state index contributed by atoms with van der Waals surface area (Å²) in [5.74, 6) is 1.35. The van der Waals surface area contributed by atoms with Crippen molar-refractivity contribution in [1.29, 1.82) is 0 Å². The third kappa shape index (κ3) is 3.63. The van der Waals surface area contributed by atoms with E-state index in [1.807, 2.05) is 36.0 Å². The highest BCUT2D eigenvalue weighted by molar-refractivity contribution is 5.44. The topological polar surface area (TPSA) is 69.0 Å². The van der Waals surface area contributed by atoms with Gasteiger partial charge in [-0.25, -0.2) is 4.98 Å². The number of nitrogens with zero attached hydrogens (tertiary/aromatic N) is 3. The Hall–Kier alpha value is -2.09. The van der Waals surface area contributed by atoms with E-state index in [0.717, 1.165) is 24.3 Å². The molecule has 1 fully saturated rings. The minimum absolute atomic E-state index is 0.0408. The Morgan fingerprint density at radius 2 is 2.08 bits per heavy atom. The number of aryl methyl sites for hydroxylation is 1. The summed E-state index contributed by atoms with van der Waals surface area (Å²) in [4.78, 5) is 6.50. The van der Waals surface area contributed by atoms with Crippen LogP contribution in [0.5, 0.6) is 11.5 Å². The second-order valence-corrected chi connectivity index (χ2v) is 6.12. The average molecular weight is 347 g/mol. The molecular formula is C18H25N3O4. The summed E-state index contributed by atoms with van der Waals surface area (Å²) in [7, 11) is 5.22. The van der Waals surface area contributed by atoms with E-state index in [2.05, 4.69) is 9.88 Å². The molecule has 7 nitrogen and oxygen atoms in total. The summed E-state index contributed by atoms with van der Waals surface area (Å²) in [6.07, 6.45) is 3.37. The highest BCUT2D eigenvalue weighted by atomic mass is 16.5. The molecule has 0 bridgehead atoms. The fraction of sp³-hybridized carbons (Fsp3) is 0.500. The SMILES string of the molecule is COc1ccc([C@H]2[C@H](CO)OCCN2Cc2cncn2C)cc1OC. The molecule has 0 unspecified atom stereocenters. The van der Waals surface area contributed by atoms with E-state index in [1.165, 1.54) is 0 Å². The number of benzene rings is 1. The van der Waals surface area contributed by atoms with Gasteiger partial charge < -0.3 is 23.9 Å². The zero-order chi connectivity index (χ0) is 17.8. The van der Waals surface area contributed by atoms with E-state index in [9.17, 15) is 5.11 Å². The Kier molecular flexibility index (Phi) is 5.57. The molecule has 0 radical (unpaired) electrons. The molecule has 7 heteroatoms. The van der Waals surface area contributed by atoms with Crippen LogP contribution in [0, 0.1) is 0 Å². The van der Waals surface area contributed by atoms with Crippen LogP contribution in [0.15, 0.2) is 30.7 Å². The Morgan fingerprint density at radius 1 is 1.28 bits per heavy atom. The molecule has 0 saturated carbocycles. The summed E-state index contributed by atoms with van der Waals surface area (Å²) in [5.41, 5.74) is 2.14. The number of hydrogen-bond donors (Lipinski definition) is 1. The van der Waals surface area contributed by atoms with Crippen molar-refractivity contribution in [2.45, 2.75) is 18.7 Å². The van der Waals surface area contributed by atoms with Gasteiger partial charge in [0.05, 0.1) is 45.5 Å². The molecule has 0 aliphatic carbocycles. The first kappa shape index (κ1) is 17.7. The van der Waals surface area contributed by atoms with E-state index < -0.39 is 0 Å². The number of methoxy groups -OCH3 is 2. The van der Waals surface area contributed by atoms with Gasteiger partial charge in [0.2, 0.25) is 0 Å². The Balaban J connectivity index is 1.93. The molecule has 2 heterocycles. The van der Waals surface area contributed by atoms with Crippen LogP contribution >= 0.6 is 0 Å². The molecule has 1 N–H and O–H groups in total. The summed E-state index contributed by atoms with van der Waals surface area (Å²) < 4.78 is 18.6. The maximum atomic E-state index is 9.82. The molecule has 1 aliphatic heterocycles. The van der Waals surface area contributed by atoms with Crippen LogP contribution in [0.1, 0.15) is 17.3 Å². The van der Waals surface area contributed by atoms with Gasteiger partial charge in [0.1, 0.15) is 6.10 Å². The first-order chi connectivity index (χ1) is 12.2. The van der Waals surface area contributed by atoms with Gasteiger partial charge >= 0.3 is 0 Å². The number of aromatic nitrogens is 2. The monoisotopic (exact) mass is 347 g/mol. The van der Waals surface area contributed by atoms with Crippen molar-refractivity contribution in [3.63, 3.8) is 0 Å². The largest absolute Gasteiger partial charge is 0.493 e. The molecule has 1 saturated heterocycles. The van der Waals surface area contributed by atoms with Gasteiger partial charge in [-0.1, -0.05) is 6.07 Å². The van der Waals surface area contributed by atoms with Crippen LogP contribution < -0.4 is 9.47 Å². The molecule has 1 aromatic heterocycles. The van der Waals surface area contributed by atoms with Gasteiger partial charge in [-0.15, -0.1) is 0 Å². The van der Waals surface area contributed by atoms with Crippen molar-refractivity contribution in [2.75, 3.05) is 34.0 Å². The second kappa shape index (κ2) is 7.86. The van der Waals surface area contributed by atoms with E-state index in [-0.39, 0.29) is 18.8 Å². The number of ether oxygens (including phenoxy) is 3. The van der Waals surface area contributed by atoms with E-state index in [1.54, 1.807) is 20.5 Å². The third-order valence-electron chi connectivity index (χ3n) is 4.67. The Labute approximate surface area is 147 Å². The molecular weight excluding hydrogens is 322 g/mol. The third-order valence-corrected chi connectivity index (χ3v) is 4.67. The summed E-state index contributed by atoms with van der Waals surface area (Å²) in [6.45, 7) is 2.06. The predicted molar refractivity (Wildman–Crippen MR) is 92.7 cm³/mol. The quantitative estimate of drug-likeness (QED) is 0.851. The van der Waals surface area contributed by atoms with E-state index >= 15 is 0 Å². The number of hydrogen-bond acceptors (Lipinski definition) is 6. The van der Waals surface area contributed by atoms with Crippen LogP contribution in [0.25, 0.3) is 0 Å². The highest BCUT2D eigenvalue weighted by Gasteiger charge is 2.34. The predicted octanol–water partition coefficient (Wildman–Crippen LogP) is 1.37. The maximum Gasteiger partial charge on any atom is 0.161 e. The summed E-state index contributed by atoms with van der Waals surface area (Å²) >= 11 is 0. The minimum Gasteiger partial charge on any atom is -0.493 e. The van der Waals surface area contributed by atoms with Gasteiger partial charge in [0.15, 0.2) is 11.5 Å². The molecule has 136 valence electrons. The van der Waals surface area contributed by atoms with Crippen molar-refractivity contribution >= 4 is 0 Å². The van der Waals surface area contributed by atoms with Gasteiger partial charge in [0.25, 0.3) is 0 Å². The van der Waals surface area contributed by atoms with Crippen LogP contribution in [0.4, 0.5) is 0 Å². The van der Waals surface area contributed by atoms with Gasteiger partial charge in [0, 0.05) is 26.3 Å². The van der Waals surface area contributed by atoms with Gasteiger partial charge in [-0.3, -0.25) is 4.90 Å². The van der Waals surface area contributed by atoms with Crippen molar-refractivity contribution in [2.24, 2.45) is 7.05 Å². The fourth-order valence-corrected chi connectivity index (χ4v) is 3.32. The second-order valence-electron chi connectivity index (χ2n) is 6.12. The van der Waals surface area contributed by atoms with Crippen molar-refractivity contribution in [1.82, 2.24) is 14.5 Å². The van der Waals surface area contributed by atoms with Crippen LogP contribution in [-0.4, -0.2) is 59.6 Å². The molecule has 2 aromatic rings. The molecule has 3 rings (SSSR count). The standard InChI is InChI=1S/C18H25N3O4/c1-20-12-19-9-14(20)10-21-6-7-25-17(11-22)18(21)13-4-5-15(23-2)16(8-13)24-3/h4-5,8-9,12,17-18,22H,6-7,10-11H2,1-3H3/t17-,18-/m0/s1. The molecule has 0 spiro atoms. The van der Waals surface area contributed by atoms with E-state index in [0.29, 0.717) is 18.1 Å². The molecule has 0 amide bonds. The molecule has 1 aliphatic rings. The number of morpholine rings is 1. The molecule has 25 heavy (non-hydrogen) atoms. The van der Waals surface area contributed by atoms with Gasteiger partial charge in [-0.05, 0) is 17.7 Å². The Bertz CT molecular complexity index is 703. The smallest absolute Gasteiger partial charge is 0.161 e. The minimum atomic E-state index is -0.292. The summed E-state index contributed by atoms with van der Waals surface area (Å²) in [6, 6.07) is 5.77. The lowest BCUT2D eigenvalue weighted by Crippen LogP contribution is -2.46. The van der Waals surface area contributed by atoms with Crippen LogP contribution in [0.2, 0.25) is 0 Å². The van der Waals surface area contributed by atoms with Crippen molar-refractivity contribution < 1.29 is 19.3 Å². The van der Waals surface area contributed by atoms with Crippen molar-refractivity contribution in [3.8, 4) is 11.5 Å². The fourth-order valence-electron chi connectivity index (χ4n) is 3.32. The highest BCUT2D eigenvalue weighted by Crippen LogP contribution is 2.36. The van der Waals surface area contributed by atoms with Crippen LogP contribution in [-0.2, 0) is 18.3 Å². The lowest BCUT2D eigenvalue weighted by atomic mass is 9.97. The van der Waals surface area contributed by atoms with Crippen molar-refractivity contribution in [3.05, 3.63) is 42.0 Å². The van der Waals surface area contributed by atoms with Gasteiger partial charge in [-0.2, -0.15) is 0 Å². The number of aliphatic hydroxyl groups excluding tert-OH is 1.